The minimum atomic E-state index is -0.578. The van der Waals surface area contributed by atoms with Gasteiger partial charge in [0.15, 0.2) is 0 Å². The lowest BCUT2D eigenvalue weighted by atomic mass is 9.73. The van der Waals surface area contributed by atoms with Gasteiger partial charge in [-0.2, -0.15) is 0 Å². The summed E-state index contributed by atoms with van der Waals surface area (Å²) >= 11 is 0. The summed E-state index contributed by atoms with van der Waals surface area (Å²) in [6.45, 7) is 5.36. The number of aromatic nitrogens is 1. The van der Waals surface area contributed by atoms with Crippen LogP contribution in [-0.4, -0.2) is 53.8 Å². The number of pyridine rings is 1. The lowest BCUT2D eigenvalue weighted by Gasteiger charge is -2.43. The summed E-state index contributed by atoms with van der Waals surface area (Å²) in [4.78, 5) is 33.8. The molecule has 0 radical (unpaired) electrons. The van der Waals surface area contributed by atoms with Crippen LogP contribution in [0.15, 0.2) is 48.8 Å². The molecule has 1 atom stereocenters. The van der Waals surface area contributed by atoms with Crippen LogP contribution in [0.3, 0.4) is 0 Å². The zero-order valence-corrected chi connectivity index (χ0v) is 18.6. The number of benzene rings is 1. The van der Waals surface area contributed by atoms with Crippen molar-refractivity contribution in [3.05, 3.63) is 54.4 Å². The van der Waals surface area contributed by atoms with Gasteiger partial charge in [0.25, 0.3) is 0 Å². The standard InChI is InChI=1S/C25H33N3O2/c1-19(2)15-23(29)28-14-6-11-25(18-28,24(30)27(3)4)17-20-7-5-8-22(16-20)21-9-12-26-13-10-21/h5,7-10,12-13,16,19H,6,11,14-15,17-18H2,1-4H3/t25-/m0/s1. The quantitative estimate of drug-likeness (QED) is 0.726. The molecule has 5 nitrogen and oxygen atoms in total. The highest BCUT2D eigenvalue weighted by molar-refractivity contribution is 5.85. The van der Waals surface area contributed by atoms with Crippen LogP contribution >= 0.6 is 0 Å². The van der Waals surface area contributed by atoms with Crippen molar-refractivity contribution in [2.45, 2.75) is 39.5 Å². The Labute approximate surface area is 180 Å². The molecule has 1 aliphatic rings. The molecule has 2 aromatic rings. The van der Waals surface area contributed by atoms with Gasteiger partial charge in [0.2, 0.25) is 11.8 Å². The fourth-order valence-electron chi connectivity index (χ4n) is 4.49. The number of nitrogens with zero attached hydrogens (tertiary/aromatic N) is 3. The normalized spacial score (nSPS) is 19.0. The molecule has 0 spiro atoms. The molecule has 3 rings (SSSR count). The van der Waals surface area contributed by atoms with E-state index in [9.17, 15) is 9.59 Å². The molecule has 1 aliphatic heterocycles. The van der Waals surface area contributed by atoms with Gasteiger partial charge in [-0.3, -0.25) is 14.6 Å². The van der Waals surface area contributed by atoms with Crippen molar-refractivity contribution in [1.29, 1.82) is 0 Å². The van der Waals surface area contributed by atoms with E-state index in [4.69, 9.17) is 0 Å². The number of carbonyl (C=O) groups excluding carboxylic acids is 2. The van der Waals surface area contributed by atoms with Gasteiger partial charge in [-0.15, -0.1) is 0 Å². The molecule has 0 bridgehead atoms. The van der Waals surface area contributed by atoms with Crippen LogP contribution in [0.25, 0.3) is 11.1 Å². The predicted molar refractivity (Wildman–Crippen MR) is 120 cm³/mol. The molecule has 30 heavy (non-hydrogen) atoms. The van der Waals surface area contributed by atoms with Gasteiger partial charge in [0, 0.05) is 46.0 Å². The Morgan fingerprint density at radius 3 is 2.53 bits per heavy atom. The Hall–Kier alpha value is -2.69. The number of piperidine rings is 1. The Balaban J connectivity index is 1.89. The third kappa shape index (κ3) is 5.07. The summed E-state index contributed by atoms with van der Waals surface area (Å²) in [6.07, 6.45) is 6.40. The van der Waals surface area contributed by atoms with Crippen molar-refractivity contribution < 1.29 is 9.59 Å². The largest absolute Gasteiger partial charge is 0.348 e. The first kappa shape index (κ1) is 22.0. The zero-order valence-electron chi connectivity index (χ0n) is 18.6. The number of hydrogen-bond donors (Lipinski definition) is 0. The van der Waals surface area contributed by atoms with Gasteiger partial charge in [-0.05, 0) is 54.0 Å². The highest BCUT2D eigenvalue weighted by Crippen LogP contribution is 2.36. The molecule has 0 aliphatic carbocycles. The van der Waals surface area contributed by atoms with Crippen LogP contribution in [0.5, 0.6) is 0 Å². The number of likely N-dealkylation sites (tertiary alicyclic amines) is 1. The Bertz CT molecular complexity index is 879. The Kier molecular flexibility index (Phi) is 6.91. The molecule has 0 saturated carbocycles. The van der Waals surface area contributed by atoms with Crippen molar-refractivity contribution in [3.8, 4) is 11.1 Å². The SMILES string of the molecule is CC(C)CC(=O)N1CCC[C@@](Cc2cccc(-c3ccncc3)c2)(C(=O)N(C)C)C1. The molecule has 0 N–H and O–H groups in total. The maximum atomic E-state index is 13.3. The monoisotopic (exact) mass is 407 g/mol. The number of amides is 2. The van der Waals surface area contributed by atoms with Crippen molar-refractivity contribution >= 4 is 11.8 Å². The van der Waals surface area contributed by atoms with Crippen LogP contribution in [0.1, 0.15) is 38.7 Å². The van der Waals surface area contributed by atoms with E-state index in [2.05, 4.69) is 37.0 Å². The smallest absolute Gasteiger partial charge is 0.230 e. The molecule has 1 fully saturated rings. The molecule has 5 heteroatoms. The summed E-state index contributed by atoms with van der Waals surface area (Å²) in [5, 5.41) is 0. The topological polar surface area (TPSA) is 53.5 Å². The zero-order chi connectivity index (χ0) is 21.7. The average molecular weight is 408 g/mol. The maximum Gasteiger partial charge on any atom is 0.230 e. The molecule has 1 saturated heterocycles. The summed E-state index contributed by atoms with van der Waals surface area (Å²) in [5.41, 5.74) is 2.77. The Morgan fingerprint density at radius 1 is 1.13 bits per heavy atom. The first-order valence-electron chi connectivity index (χ1n) is 10.8. The summed E-state index contributed by atoms with van der Waals surface area (Å²) < 4.78 is 0. The van der Waals surface area contributed by atoms with Crippen molar-refractivity contribution in [3.63, 3.8) is 0 Å². The van der Waals surface area contributed by atoms with E-state index in [0.29, 0.717) is 25.3 Å². The van der Waals surface area contributed by atoms with Crippen molar-refractivity contribution in [2.75, 3.05) is 27.2 Å². The number of carbonyl (C=O) groups is 2. The lowest BCUT2D eigenvalue weighted by molar-refractivity contribution is -0.147. The second kappa shape index (κ2) is 9.41. The molecule has 0 unspecified atom stereocenters. The van der Waals surface area contributed by atoms with E-state index in [-0.39, 0.29) is 11.8 Å². The van der Waals surface area contributed by atoms with E-state index in [1.54, 1.807) is 17.3 Å². The van der Waals surface area contributed by atoms with Crippen LogP contribution in [0.2, 0.25) is 0 Å². The number of hydrogen-bond acceptors (Lipinski definition) is 3. The molecule has 2 amide bonds. The first-order valence-corrected chi connectivity index (χ1v) is 10.8. The minimum absolute atomic E-state index is 0.110. The van der Waals surface area contributed by atoms with Crippen LogP contribution < -0.4 is 0 Å². The molecule has 160 valence electrons. The van der Waals surface area contributed by atoms with E-state index in [1.807, 2.05) is 37.2 Å². The van der Waals surface area contributed by atoms with Crippen LogP contribution in [0, 0.1) is 11.3 Å². The maximum absolute atomic E-state index is 13.3. The van der Waals surface area contributed by atoms with Gasteiger partial charge in [-0.25, -0.2) is 0 Å². The third-order valence-corrected chi connectivity index (χ3v) is 5.86. The van der Waals surface area contributed by atoms with E-state index in [1.165, 1.54) is 0 Å². The summed E-state index contributed by atoms with van der Waals surface area (Å²) in [5.74, 6) is 0.584. The average Bonchev–Trinajstić information content (AvgIpc) is 2.73. The van der Waals surface area contributed by atoms with Gasteiger partial charge in [0.1, 0.15) is 0 Å². The first-order chi connectivity index (χ1) is 14.3. The molecular weight excluding hydrogens is 374 g/mol. The van der Waals surface area contributed by atoms with Crippen molar-refractivity contribution in [2.24, 2.45) is 11.3 Å². The minimum Gasteiger partial charge on any atom is -0.348 e. The van der Waals surface area contributed by atoms with Gasteiger partial charge in [0.05, 0.1) is 5.41 Å². The molecule has 2 heterocycles. The fourth-order valence-corrected chi connectivity index (χ4v) is 4.49. The second-order valence-corrected chi connectivity index (χ2v) is 9.11. The van der Waals surface area contributed by atoms with Gasteiger partial charge < -0.3 is 9.80 Å². The summed E-state index contributed by atoms with van der Waals surface area (Å²) in [6, 6.07) is 12.4. The van der Waals surface area contributed by atoms with E-state index in [0.717, 1.165) is 36.1 Å². The van der Waals surface area contributed by atoms with Gasteiger partial charge in [-0.1, -0.05) is 38.1 Å². The third-order valence-electron chi connectivity index (χ3n) is 5.86. The van der Waals surface area contributed by atoms with Gasteiger partial charge >= 0.3 is 0 Å². The highest BCUT2D eigenvalue weighted by atomic mass is 16.2. The molecule has 1 aromatic carbocycles. The Morgan fingerprint density at radius 2 is 1.87 bits per heavy atom. The molecule has 1 aromatic heterocycles. The van der Waals surface area contributed by atoms with E-state index >= 15 is 0 Å². The van der Waals surface area contributed by atoms with Crippen LogP contribution in [0.4, 0.5) is 0 Å². The van der Waals surface area contributed by atoms with Crippen molar-refractivity contribution in [1.82, 2.24) is 14.8 Å². The predicted octanol–water partition coefficient (Wildman–Crippen LogP) is 4.03. The fraction of sp³-hybridized carbons (Fsp3) is 0.480. The molecular formula is C25H33N3O2. The van der Waals surface area contributed by atoms with Crippen LogP contribution in [-0.2, 0) is 16.0 Å². The number of rotatable bonds is 6. The summed E-state index contributed by atoms with van der Waals surface area (Å²) in [7, 11) is 3.62. The lowest BCUT2D eigenvalue weighted by Crippen LogP contribution is -2.54. The van der Waals surface area contributed by atoms with E-state index < -0.39 is 5.41 Å². The highest BCUT2D eigenvalue weighted by Gasteiger charge is 2.44. The second-order valence-electron chi connectivity index (χ2n) is 9.11.